The number of nitrogens with zero attached hydrogens (tertiary/aromatic N) is 3. The Morgan fingerprint density at radius 2 is 2.22 bits per heavy atom. The second-order valence-corrected chi connectivity index (χ2v) is 7.54. The van der Waals surface area contributed by atoms with Crippen molar-refractivity contribution in [3.63, 3.8) is 0 Å². The van der Waals surface area contributed by atoms with E-state index in [-0.39, 0.29) is 17.0 Å². The highest BCUT2D eigenvalue weighted by atomic mass is 32.2. The molecule has 1 aliphatic rings. The fraction of sp³-hybridized carbons (Fsp3) is 0.467. The van der Waals surface area contributed by atoms with Crippen LogP contribution in [0.3, 0.4) is 0 Å². The van der Waals surface area contributed by atoms with Crippen LogP contribution in [0.4, 0.5) is 0 Å². The predicted octanol–water partition coefficient (Wildman–Crippen LogP) is 1.22. The van der Waals surface area contributed by atoms with E-state index in [0.717, 1.165) is 19.4 Å². The van der Waals surface area contributed by atoms with Gasteiger partial charge in [0, 0.05) is 7.05 Å². The van der Waals surface area contributed by atoms with Crippen LogP contribution in [0.1, 0.15) is 30.3 Å². The Hall–Kier alpha value is -1.93. The summed E-state index contributed by atoms with van der Waals surface area (Å²) >= 11 is 0. The molecule has 3 rings (SSSR count). The van der Waals surface area contributed by atoms with E-state index in [2.05, 4.69) is 15.5 Å². The number of methoxy groups -OCH3 is 1. The van der Waals surface area contributed by atoms with Crippen LogP contribution in [-0.2, 0) is 22.6 Å². The molecule has 1 aliphatic heterocycles. The number of rotatable bonds is 5. The minimum absolute atomic E-state index is 0.00372. The van der Waals surface area contributed by atoms with E-state index in [1.165, 1.54) is 0 Å². The van der Waals surface area contributed by atoms with E-state index >= 15 is 0 Å². The standard InChI is InChI=1S/C15H20N4O3S/c1-19-14(13-7-4-8-16-13)17-18-15(19)23(20,21)10-11-5-3-6-12(9-11)22-2/h3,5-6,9,13,16H,4,7-8,10H2,1-2H3. The lowest BCUT2D eigenvalue weighted by atomic mass is 10.2. The van der Waals surface area contributed by atoms with Gasteiger partial charge in [-0.25, -0.2) is 8.42 Å². The summed E-state index contributed by atoms with van der Waals surface area (Å²) in [6.45, 7) is 0.920. The molecule has 23 heavy (non-hydrogen) atoms. The first kappa shape index (κ1) is 15.9. The second-order valence-electron chi connectivity index (χ2n) is 5.66. The van der Waals surface area contributed by atoms with Gasteiger partial charge in [0.1, 0.15) is 5.75 Å². The molecule has 2 heterocycles. The predicted molar refractivity (Wildman–Crippen MR) is 84.9 cm³/mol. The zero-order valence-corrected chi connectivity index (χ0v) is 14.0. The van der Waals surface area contributed by atoms with E-state index in [1.54, 1.807) is 43.0 Å². The zero-order valence-electron chi connectivity index (χ0n) is 13.2. The number of hydrogen-bond acceptors (Lipinski definition) is 6. The highest BCUT2D eigenvalue weighted by molar-refractivity contribution is 7.90. The third-order valence-corrected chi connectivity index (χ3v) is 5.63. The smallest absolute Gasteiger partial charge is 0.249 e. The van der Waals surface area contributed by atoms with Crippen LogP contribution >= 0.6 is 0 Å². The number of sulfone groups is 1. The molecule has 0 spiro atoms. The Bertz CT molecular complexity index is 795. The molecule has 7 nitrogen and oxygen atoms in total. The van der Waals surface area contributed by atoms with Gasteiger partial charge < -0.3 is 14.6 Å². The van der Waals surface area contributed by atoms with E-state index in [0.29, 0.717) is 17.1 Å². The monoisotopic (exact) mass is 336 g/mol. The van der Waals surface area contributed by atoms with E-state index in [4.69, 9.17) is 4.74 Å². The normalized spacial score (nSPS) is 18.3. The van der Waals surface area contributed by atoms with Gasteiger partial charge >= 0.3 is 0 Å². The molecule has 0 radical (unpaired) electrons. The van der Waals surface area contributed by atoms with Crippen molar-refractivity contribution < 1.29 is 13.2 Å². The van der Waals surface area contributed by atoms with Crippen LogP contribution in [0.5, 0.6) is 5.75 Å². The lowest BCUT2D eigenvalue weighted by molar-refractivity contribution is 0.414. The zero-order chi connectivity index (χ0) is 16.4. The molecule has 1 atom stereocenters. The molecule has 1 unspecified atom stereocenters. The first-order valence-electron chi connectivity index (χ1n) is 7.49. The van der Waals surface area contributed by atoms with E-state index in [9.17, 15) is 8.42 Å². The van der Waals surface area contributed by atoms with Gasteiger partial charge in [-0.15, -0.1) is 10.2 Å². The number of hydrogen-bond donors (Lipinski definition) is 1. The average molecular weight is 336 g/mol. The summed E-state index contributed by atoms with van der Waals surface area (Å²) in [6, 6.07) is 7.10. The lowest BCUT2D eigenvalue weighted by Gasteiger charge is -2.10. The first-order valence-corrected chi connectivity index (χ1v) is 9.15. The van der Waals surface area contributed by atoms with Gasteiger partial charge in [0.25, 0.3) is 0 Å². The van der Waals surface area contributed by atoms with Gasteiger partial charge in [0.05, 0.1) is 18.9 Å². The summed E-state index contributed by atoms with van der Waals surface area (Å²) in [6.07, 6.45) is 2.01. The Morgan fingerprint density at radius 3 is 2.91 bits per heavy atom. The van der Waals surface area contributed by atoms with Crippen molar-refractivity contribution in [1.29, 1.82) is 0 Å². The molecule has 8 heteroatoms. The Morgan fingerprint density at radius 1 is 1.39 bits per heavy atom. The van der Waals surface area contributed by atoms with Crippen molar-refractivity contribution >= 4 is 9.84 Å². The van der Waals surface area contributed by atoms with Crippen molar-refractivity contribution in [1.82, 2.24) is 20.1 Å². The van der Waals surface area contributed by atoms with Gasteiger partial charge in [-0.3, -0.25) is 0 Å². The topological polar surface area (TPSA) is 86.1 Å². The number of nitrogens with one attached hydrogen (secondary N) is 1. The summed E-state index contributed by atoms with van der Waals surface area (Å²) in [5.41, 5.74) is 0.660. The molecule has 0 saturated carbocycles. The molecule has 0 aliphatic carbocycles. The highest BCUT2D eigenvalue weighted by Crippen LogP contribution is 2.24. The molecule has 0 amide bonds. The maximum atomic E-state index is 12.7. The van der Waals surface area contributed by atoms with Crippen LogP contribution in [0, 0.1) is 0 Å². The second kappa shape index (κ2) is 6.29. The molecule has 0 bridgehead atoms. The first-order chi connectivity index (χ1) is 11.0. The van der Waals surface area contributed by atoms with Crippen molar-refractivity contribution in [2.24, 2.45) is 7.05 Å². The van der Waals surface area contributed by atoms with Crippen LogP contribution in [-0.4, -0.2) is 36.8 Å². The van der Waals surface area contributed by atoms with Gasteiger partial charge in [0.2, 0.25) is 15.0 Å². The maximum absolute atomic E-state index is 12.7. The summed E-state index contributed by atoms with van der Waals surface area (Å²) in [5, 5.41) is 11.3. The van der Waals surface area contributed by atoms with E-state index < -0.39 is 9.84 Å². The average Bonchev–Trinajstić information content (AvgIpc) is 3.16. The van der Waals surface area contributed by atoms with Gasteiger partial charge in [-0.05, 0) is 37.1 Å². The number of aromatic nitrogens is 3. The van der Waals surface area contributed by atoms with Crippen molar-refractivity contribution in [2.75, 3.05) is 13.7 Å². The third kappa shape index (κ3) is 3.23. The summed E-state index contributed by atoms with van der Waals surface area (Å²) < 4.78 is 32.0. The van der Waals surface area contributed by atoms with Crippen molar-refractivity contribution in [3.05, 3.63) is 35.7 Å². The molecular formula is C15H20N4O3S. The van der Waals surface area contributed by atoms with Crippen LogP contribution in [0.2, 0.25) is 0 Å². The molecule has 1 aromatic heterocycles. The summed E-state index contributed by atoms with van der Waals surface area (Å²) in [7, 11) is -0.317. The van der Waals surface area contributed by atoms with Crippen LogP contribution < -0.4 is 10.1 Å². The maximum Gasteiger partial charge on any atom is 0.249 e. The lowest BCUT2D eigenvalue weighted by Crippen LogP contribution is -2.18. The van der Waals surface area contributed by atoms with Crippen molar-refractivity contribution in [2.45, 2.75) is 29.8 Å². The quantitative estimate of drug-likeness (QED) is 0.883. The third-order valence-electron chi connectivity index (χ3n) is 4.01. The fourth-order valence-corrected chi connectivity index (χ4v) is 4.28. The Kier molecular flexibility index (Phi) is 4.36. The minimum atomic E-state index is -3.57. The van der Waals surface area contributed by atoms with Gasteiger partial charge in [-0.1, -0.05) is 12.1 Å². The van der Waals surface area contributed by atoms with Crippen LogP contribution in [0.25, 0.3) is 0 Å². The van der Waals surface area contributed by atoms with Gasteiger partial charge in [0.15, 0.2) is 5.82 Å². The molecule has 1 aromatic carbocycles. The Labute approximate surface area is 135 Å². The SMILES string of the molecule is COc1cccc(CS(=O)(=O)c2nnc(C3CCCN3)n2C)c1. The van der Waals surface area contributed by atoms with Crippen molar-refractivity contribution in [3.8, 4) is 5.75 Å². The molecule has 124 valence electrons. The van der Waals surface area contributed by atoms with Gasteiger partial charge in [-0.2, -0.15) is 0 Å². The minimum Gasteiger partial charge on any atom is -0.497 e. The number of ether oxygens (including phenoxy) is 1. The molecule has 1 N–H and O–H groups in total. The van der Waals surface area contributed by atoms with Crippen LogP contribution in [0.15, 0.2) is 29.4 Å². The molecule has 1 fully saturated rings. The molecular weight excluding hydrogens is 316 g/mol. The molecule has 2 aromatic rings. The highest BCUT2D eigenvalue weighted by Gasteiger charge is 2.28. The Balaban J connectivity index is 1.87. The summed E-state index contributed by atoms with van der Waals surface area (Å²) in [4.78, 5) is 0. The number of benzene rings is 1. The largest absolute Gasteiger partial charge is 0.497 e. The fourth-order valence-electron chi connectivity index (χ4n) is 2.85. The molecule has 1 saturated heterocycles. The summed E-state index contributed by atoms with van der Waals surface area (Å²) in [5.74, 6) is 1.17. The van der Waals surface area contributed by atoms with E-state index in [1.807, 2.05) is 0 Å².